The van der Waals surface area contributed by atoms with Gasteiger partial charge in [-0.05, 0) is 36.4 Å². The highest BCUT2D eigenvalue weighted by Crippen LogP contribution is 2.14. The summed E-state index contributed by atoms with van der Waals surface area (Å²) < 4.78 is 13.7. The fourth-order valence-electron chi connectivity index (χ4n) is 2.20. The summed E-state index contributed by atoms with van der Waals surface area (Å²) in [7, 11) is 0. The summed E-state index contributed by atoms with van der Waals surface area (Å²) in [6, 6.07) is 22.5. The van der Waals surface area contributed by atoms with Crippen molar-refractivity contribution in [3.8, 4) is 11.8 Å². The summed E-state index contributed by atoms with van der Waals surface area (Å²) in [4.78, 5) is 12.4. The lowest BCUT2D eigenvalue weighted by Gasteiger charge is -2.03. The highest BCUT2D eigenvalue weighted by atomic mass is 19.1. The summed E-state index contributed by atoms with van der Waals surface area (Å²) in [6.07, 6.45) is 0. The molecule has 0 aromatic heterocycles. The van der Waals surface area contributed by atoms with E-state index >= 15 is 0 Å². The predicted octanol–water partition coefficient (Wildman–Crippen LogP) is 4.46. The molecule has 3 aromatic rings. The Morgan fingerprint density at radius 3 is 2.17 bits per heavy atom. The molecule has 0 aliphatic carbocycles. The van der Waals surface area contributed by atoms with Crippen molar-refractivity contribution in [1.29, 1.82) is 0 Å². The van der Waals surface area contributed by atoms with Gasteiger partial charge in [0.25, 0.3) is 0 Å². The van der Waals surface area contributed by atoms with E-state index in [9.17, 15) is 9.18 Å². The largest absolute Gasteiger partial charge is 0.288 e. The number of halogens is 1. The van der Waals surface area contributed by atoms with Crippen LogP contribution >= 0.6 is 0 Å². The Labute approximate surface area is 134 Å². The van der Waals surface area contributed by atoms with Gasteiger partial charge >= 0.3 is 0 Å². The maximum atomic E-state index is 13.7. The van der Waals surface area contributed by atoms with Crippen LogP contribution in [0.3, 0.4) is 0 Å². The minimum atomic E-state index is -0.515. The highest BCUT2D eigenvalue weighted by Gasteiger charge is 2.13. The first-order valence-electron chi connectivity index (χ1n) is 7.20. The van der Waals surface area contributed by atoms with Crippen molar-refractivity contribution in [3.05, 3.63) is 107 Å². The fourth-order valence-corrected chi connectivity index (χ4v) is 2.20. The molecule has 0 aliphatic rings. The van der Waals surface area contributed by atoms with Crippen molar-refractivity contribution in [3.63, 3.8) is 0 Å². The van der Waals surface area contributed by atoms with Crippen LogP contribution in [-0.4, -0.2) is 5.78 Å². The molecule has 110 valence electrons. The number of benzene rings is 3. The predicted molar refractivity (Wildman–Crippen MR) is 88.7 cm³/mol. The van der Waals surface area contributed by atoms with Crippen LogP contribution in [0.1, 0.15) is 27.0 Å². The second-order valence-electron chi connectivity index (χ2n) is 5.01. The number of carbonyl (C=O) groups excluding carboxylic acids is 1. The molecule has 0 unspecified atom stereocenters. The van der Waals surface area contributed by atoms with Gasteiger partial charge in [0.1, 0.15) is 5.82 Å². The van der Waals surface area contributed by atoms with E-state index in [1.807, 2.05) is 36.4 Å². The van der Waals surface area contributed by atoms with E-state index in [1.165, 1.54) is 12.1 Å². The lowest BCUT2D eigenvalue weighted by Crippen LogP contribution is -2.04. The first-order chi connectivity index (χ1) is 11.2. The van der Waals surface area contributed by atoms with E-state index in [2.05, 4.69) is 11.8 Å². The number of rotatable bonds is 2. The molecule has 0 saturated heterocycles. The van der Waals surface area contributed by atoms with Gasteiger partial charge in [-0.25, -0.2) is 4.39 Å². The van der Waals surface area contributed by atoms with E-state index in [1.54, 1.807) is 30.3 Å². The van der Waals surface area contributed by atoms with Gasteiger partial charge in [-0.3, -0.25) is 4.79 Å². The summed E-state index contributed by atoms with van der Waals surface area (Å²) in [6.45, 7) is 0. The third kappa shape index (κ3) is 3.53. The SMILES string of the molecule is O=C(c1cccc(C#Cc2ccccc2)c1)c1ccccc1F. The summed E-state index contributed by atoms with van der Waals surface area (Å²) >= 11 is 0. The fraction of sp³-hybridized carbons (Fsp3) is 0. The molecule has 0 fully saturated rings. The van der Waals surface area contributed by atoms with Gasteiger partial charge in [0.2, 0.25) is 0 Å². The normalized spacial score (nSPS) is 9.78. The van der Waals surface area contributed by atoms with Crippen molar-refractivity contribution in [2.45, 2.75) is 0 Å². The third-order valence-electron chi connectivity index (χ3n) is 3.37. The molecule has 0 aliphatic heterocycles. The second-order valence-corrected chi connectivity index (χ2v) is 5.01. The van der Waals surface area contributed by atoms with Crippen LogP contribution in [0, 0.1) is 17.7 Å². The molecule has 0 bridgehead atoms. The average molecular weight is 300 g/mol. The molecule has 1 nitrogen and oxygen atoms in total. The Kier molecular flexibility index (Phi) is 4.31. The molecule has 0 heterocycles. The van der Waals surface area contributed by atoms with Crippen LogP contribution in [0.5, 0.6) is 0 Å². The number of carbonyl (C=O) groups is 1. The summed E-state index contributed by atoms with van der Waals surface area (Å²) in [5.41, 5.74) is 2.12. The van der Waals surface area contributed by atoms with Crippen LogP contribution in [0.25, 0.3) is 0 Å². The van der Waals surface area contributed by atoms with E-state index < -0.39 is 5.82 Å². The molecule has 3 aromatic carbocycles. The highest BCUT2D eigenvalue weighted by molar-refractivity contribution is 6.09. The summed E-state index contributed by atoms with van der Waals surface area (Å²) in [5, 5.41) is 0. The molecule has 2 heteroatoms. The molecular weight excluding hydrogens is 287 g/mol. The molecule has 0 atom stereocenters. The standard InChI is InChI=1S/C21H13FO/c22-20-12-5-4-11-19(20)21(23)18-10-6-9-17(15-18)14-13-16-7-2-1-3-8-16/h1-12,15H. The zero-order chi connectivity index (χ0) is 16.1. The first-order valence-corrected chi connectivity index (χ1v) is 7.20. The van der Waals surface area contributed by atoms with E-state index in [-0.39, 0.29) is 11.3 Å². The Morgan fingerprint density at radius 1 is 0.739 bits per heavy atom. The minimum absolute atomic E-state index is 0.0701. The van der Waals surface area contributed by atoms with Gasteiger partial charge in [0.15, 0.2) is 5.78 Å². The maximum absolute atomic E-state index is 13.7. The average Bonchev–Trinajstić information content (AvgIpc) is 2.61. The topological polar surface area (TPSA) is 17.1 Å². The van der Waals surface area contributed by atoms with Crippen LogP contribution in [-0.2, 0) is 0 Å². The van der Waals surface area contributed by atoms with Crippen LogP contribution in [0.2, 0.25) is 0 Å². The molecule has 0 N–H and O–H groups in total. The van der Waals surface area contributed by atoms with Gasteiger partial charge in [-0.15, -0.1) is 0 Å². The van der Waals surface area contributed by atoms with Crippen LogP contribution in [0.4, 0.5) is 4.39 Å². The Hall–Kier alpha value is -3.18. The molecule has 0 amide bonds. The molecule has 3 rings (SSSR count). The maximum Gasteiger partial charge on any atom is 0.196 e. The molecule has 23 heavy (non-hydrogen) atoms. The van der Waals surface area contributed by atoms with Gasteiger partial charge in [0, 0.05) is 16.7 Å². The van der Waals surface area contributed by atoms with Crippen LogP contribution in [0.15, 0.2) is 78.9 Å². The lowest BCUT2D eigenvalue weighted by atomic mass is 10.0. The van der Waals surface area contributed by atoms with Gasteiger partial charge in [-0.1, -0.05) is 54.3 Å². The van der Waals surface area contributed by atoms with Crippen molar-refractivity contribution < 1.29 is 9.18 Å². The smallest absolute Gasteiger partial charge is 0.196 e. The van der Waals surface area contributed by atoms with Gasteiger partial charge in [0.05, 0.1) is 5.56 Å². The van der Waals surface area contributed by atoms with Crippen molar-refractivity contribution >= 4 is 5.78 Å². The summed E-state index contributed by atoms with van der Waals surface area (Å²) in [5.74, 6) is 5.21. The number of ketones is 1. The van der Waals surface area contributed by atoms with Crippen molar-refractivity contribution in [1.82, 2.24) is 0 Å². The quantitative estimate of drug-likeness (QED) is 0.504. The van der Waals surface area contributed by atoms with Crippen LogP contribution < -0.4 is 0 Å². The third-order valence-corrected chi connectivity index (χ3v) is 3.37. The molecule has 0 saturated carbocycles. The molecule has 0 radical (unpaired) electrons. The Balaban J connectivity index is 1.90. The Morgan fingerprint density at radius 2 is 1.39 bits per heavy atom. The second kappa shape index (κ2) is 6.72. The molecular formula is C21H13FO. The first kappa shape index (κ1) is 14.7. The van der Waals surface area contributed by atoms with Crippen molar-refractivity contribution in [2.24, 2.45) is 0 Å². The Bertz CT molecular complexity index is 902. The number of hydrogen-bond donors (Lipinski definition) is 0. The van der Waals surface area contributed by atoms with Gasteiger partial charge < -0.3 is 0 Å². The monoisotopic (exact) mass is 300 g/mol. The number of hydrogen-bond acceptors (Lipinski definition) is 1. The lowest BCUT2D eigenvalue weighted by molar-refractivity contribution is 0.103. The minimum Gasteiger partial charge on any atom is -0.288 e. The zero-order valence-corrected chi connectivity index (χ0v) is 12.3. The van der Waals surface area contributed by atoms with Gasteiger partial charge in [-0.2, -0.15) is 0 Å². The van der Waals surface area contributed by atoms with E-state index in [4.69, 9.17) is 0 Å². The van der Waals surface area contributed by atoms with E-state index in [0.29, 0.717) is 5.56 Å². The zero-order valence-electron chi connectivity index (χ0n) is 12.3. The van der Waals surface area contributed by atoms with Crippen molar-refractivity contribution in [2.75, 3.05) is 0 Å². The van der Waals surface area contributed by atoms with E-state index in [0.717, 1.165) is 11.1 Å². The molecule has 0 spiro atoms.